The highest BCUT2D eigenvalue weighted by Crippen LogP contribution is 2.63. The van der Waals surface area contributed by atoms with Crippen LogP contribution in [0.2, 0.25) is 0 Å². The number of hydrogen-bond acceptors (Lipinski definition) is 4. The molecule has 1 aliphatic heterocycles. The second kappa shape index (κ2) is 4.44. The maximum atomic E-state index is 12.2. The summed E-state index contributed by atoms with van der Waals surface area (Å²) in [4.78, 5) is 27.6. The largest absolute Gasteiger partial charge is 0.384 e. The van der Waals surface area contributed by atoms with E-state index in [1.54, 1.807) is 0 Å². The summed E-state index contributed by atoms with van der Waals surface area (Å²) >= 11 is 1.45. The monoisotopic (exact) mass is 289 g/mol. The van der Waals surface area contributed by atoms with E-state index >= 15 is 0 Å². The molecule has 1 saturated carbocycles. The van der Waals surface area contributed by atoms with Crippen molar-refractivity contribution in [1.82, 2.24) is 4.90 Å². The van der Waals surface area contributed by atoms with Gasteiger partial charge in [0.15, 0.2) is 0 Å². The number of thiophene rings is 1. The van der Waals surface area contributed by atoms with E-state index in [-0.39, 0.29) is 35.7 Å². The molecule has 0 radical (unpaired) electrons. The van der Waals surface area contributed by atoms with Crippen molar-refractivity contribution >= 4 is 23.2 Å². The first-order chi connectivity index (χ1) is 9.46. The van der Waals surface area contributed by atoms with Gasteiger partial charge in [-0.3, -0.25) is 14.5 Å². The van der Waals surface area contributed by atoms with E-state index in [4.69, 9.17) is 5.11 Å². The number of aliphatic hydroxyl groups is 1. The summed E-state index contributed by atoms with van der Waals surface area (Å²) in [5, 5.41) is 8.65. The molecule has 2 atom stereocenters. The van der Waals surface area contributed by atoms with Gasteiger partial charge in [-0.15, -0.1) is 11.3 Å². The smallest absolute Gasteiger partial charge is 0.234 e. The third kappa shape index (κ3) is 1.88. The molecule has 2 unspecified atom stereocenters. The summed E-state index contributed by atoms with van der Waals surface area (Å²) in [5.74, 6) is 5.08. The lowest BCUT2D eigenvalue weighted by Crippen LogP contribution is -2.35. The second-order valence-electron chi connectivity index (χ2n) is 5.77. The van der Waals surface area contributed by atoms with Gasteiger partial charge in [-0.1, -0.05) is 25.7 Å². The van der Waals surface area contributed by atoms with Crippen molar-refractivity contribution in [3.8, 4) is 11.8 Å². The van der Waals surface area contributed by atoms with Crippen LogP contribution in [0.1, 0.15) is 23.6 Å². The molecule has 0 bridgehead atoms. The summed E-state index contributed by atoms with van der Waals surface area (Å²) in [7, 11) is 0. The first kappa shape index (κ1) is 13.3. The third-order valence-corrected chi connectivity index (χ3v) is 5.14. The maximum absolute atomic E-state index is 12.2. The summed E-state index contributed by atoms with van der Waals surface area (Å²) in [5.41, 5.74) is -0.155. The van der Waals surface area contributed by atoms with Crippen LogP contribution in [0, 0.1) is 29.1 Å². The average molecular weight is 289 g/mol. The van der Waals surface area contributed by atoms with Crippen molar-refractivity contribution in [3.63, 3.8) is 0 Å². The van der Waals surface area contributed by atoms with E-state index in [0.29, 0.717) is 6.54 Å². The first-order valence-corrected chi connectivity index (χ1v) is 7.32. The van der Waals surface area contributed by atoms with Gasteiger partial charge in [-0.25, -0.2) is 0 Å². The molecule has 4 nitrogen and oxygen atoms in total. The van der Waals surface area contributed by atoms with Crippen LogP contribution >= 0.6 is 11.3 Å². The van der Waals surface area contributed by atoms with Gasteiger partial charge in [0.05, 0.1) is 23.3 Å². The molecule has 1 saturated heterocycles. The zero-order valence-electron chi connectivity index (χ0n) is 11.3. The lowest BCUT2D eigenvalue weighted by atomic mass is 10.1. The number of imide groups is 1. The Labute approximate surface area is 121 Å². The van der Waals surface area contributed by atoms with Crippen LogP contribution in [0.15, 0.2) is 12.1 Å². The third-order valence-electron chi connectivity index (χ3n) is 4.16. The summed E-state index contributed by atoms with van der Waals surface area (Å²) in [6.07, 6.45) is 0. The van der Waals surface area contributed by atoms with Gasteiger partial charge in [-0.05, 0) is 17.5 Å². The van der Waals surface area contributed by atoms with Crippen LogP contribution in [0.25, 0.3) is 0 Å². The van der Waals surface area contributed by atoms with E-state index in [1.165, 1.54) is 16.2 Å². The van der Waals surface area contributed by atoms with Crippen molar-refractivity contribution < 1.29 is 14.7 Å². The van der Waals surface area contributed by atoms with Crippen LogP contribution in [0.4, 0.5) is 0 Å². The molecule has 2 heterocycles. The molecular formula is C15H15NO3S. The molecule has 104 valence electrons. The van der Waals surface area contributed by atoms with Crippen molar-refractivity contribution in [2.45, 2.75) is 20.4 Å². The van der Waals surface area contributed by atoms with Crippen molar-refractivity contribution in [2.75, 3.05) is 6.61 Å². The zero-order valence-corrected chi connectivity index (χ0v) is 12.2. The summed E-state index contributed by atoms with van der Waals surface area (Å²) < 4.78 is 0. The van der Waals surface area contributed by atoms with Crippen molar-refractivity contribution in [3.05, 3.63) is 21.9 Å². The molecular weight excluding hydrogens is 274 g/mol. The minimum atomic E-state index is -0.172. The Morgan fingerprint density at radius 3 is 2.55 bits per heavy atom. The van der Waals surface area contributed by atoms with Crippen molar-refractivity contribution in [2.24, 2.45) is 17.3 Å². The van der Waals surface area contributed by atoms with Crippen molar-refractivity contribution in [1.29, 1.82) is 0 Å². The van der Waals surface area contributed by atoms with Crippen LogP contribution in [-0.4, -0.2) is 28.4 Å². The first-order valence-electron chi connectivity index (χ1n) is 6.50. The fourth-order valence-electron chi connectivity index (χ4n) is 2.97. The zero-order chi connectivity index (χ0) is 14.5. The minimum absolute atomic E-state index is 0.0404. The molecule has 2 amide bonds. The molecule has 0 aromatic carbocycles. The number of hydrogen-bond donors (Lipinski definition) is 1. The van der Waals surface area contributed by atoms with Crippen LogP contribution in [0.3, 0.4) is 0 Å². The Morgan fingerprint density at radius 1 is 1.30 bits per heavy atom. The predicted octanol–water partition coefficient (Wildman–Crippen LogP) is 1.23. The molecule has 1 aromatic heterocycles. The number of carbonyl (C=O) groups is 2. The van der Waals surface area contributed by atoms with E-state index in [1.807, 2.05) is 26.0 Å². The number of carbonyl (C=O) groups excluding carboxylic acids is 2. The molecule has 1 N–H and O–H groups in total. The summed E-state index contributed by atoms with van der Waals surface area (Å²) in [6.45, 7) is 4.12. The average Bonchev–Trinajstić information content (AvgIpc) is 2.72. The quantitative estimate of drug-likeness (QED) is 0.658. The molecule has 2 aliphatic rings. The van der Waals surface area contributed by atoms with Gasteiger partial charge < -0.3 is 5.11 Å². The lowest BCUT2D eigenvalue weighted by molar-refractivity contribution is -0.143. The highest BCUT2D eigenvalue weighted by atomic mass is 32.1. The predicted molar refractivity (Wildman–Crippen MR) is 74.6 cm³/mol. The Bertz CT molecular complexity index is 626. The SMILES string of the molecule is CC1(C)C2C(=O)N(Cc3ccc(C#CCO)s3)C(=O)C21. The number of aliphatic hydroxyl groups excluding tert-OH is 1. The number of piperidine rings is 1. The number of nitrogens with zero attached hydrogens (tertiary/aromatic N) is 1. The number of rotatable bonds is 2. The van der Waals surface area contributed by atoms with E-state index < -0.39 is 0 Å². The molecule has 20 heavy (non-hydrogen) atoms. The Morgan fingerprint density at radius 2 is 1.95 bits per heavy atom. The Kier molecular flexibility index (Phi) is 2.96. The van der Waals surface area contributed by atoms with E-state index in [0.717, 1.165) is 9.75 Å². The standard InChI is InChI=1S/C15H15NO3S/c1-15(2)11-12(15)14(19)16(13(11)18)8-10-6-5-9(20-10)4-3-7-17/h5-6,11-12,17H,7-8H2,1-2H3. The Balaban J connectivity index is 1.72. The molecule has 3 rings (SSSR count). The normalized spacial score (nSPS) is 26.2. The van der Waals surface area contributed by atoms with Gasteiger partial charge in [-0.2, -0.15) is 0 Å². The highest BCUT2D eigenvalue weighted by molar-refractivity contribution is 7.12. The molecule has 1 aliphatic carbocycles. The minimum Gasteiger partial charge on any atom is -0.384 e. The lowest BCUT2D eigenvalue weighted by Gasteiger charge is -2.19. The van der Waals surface area contributed by atoms with Crippen LogP contribution < -0.4 is 0 Å². The Hall–Kier alpha value is -1.64. The number of amides is 2. The fraction of sp³-hybridized carbons (Fsp3) is 0.467. The highest BCUT2D eigenvalue weighted by Gasteiger charge is 2.72. The molecule has 5 heteroatoms. The van der Waals surface area contributed by atoms with E-state index in [9.17, 15) is 9.59 Å². The fourth-order valence-corrected chi connectivity index (χ4v) is 3.84. The number of fused-ring (bicyclic) bond motifs is 1. The van der Waals surface area contributed by atoms with Gasteiger partial charge in [0, 0.05) is 4.88 Å². The van der Waals surface area contributed by atoms with Gasteiger partial charge in [0.1, 0.15) is 6.61 Å². The molecule has 2 fully saturated rings. The summed E-state index contributed by atoms with van der Waals surface area (Å²) in [6, 6.07) is 3.72. The molecule has 0 spiro atoms. The number of likely N-dealkylation sites (tertiary alicyclic amines) is 1. The molecule has 1 aromatic rings. The van der Waals surface area contributed by atoms with Gasteiger partial charge in [0.25, 0.3) is 0 Å². The van der Waals surface area contributed by atoms with E-state index in [2.05, 4.69) is 11.8 Å². The van der Waals surface area contributed by atoms with Gasteiger partial charge >= 0.3 is 0 Å². The van der Waals surface area contributed by atoms with Crippen LogP contribution in [0.5, 0.6) is 0 Å². The topological polar surface area (TPSA) is 57.6 Å². The van der Waals surface area contributed by atoms with Crippen LogP contribution in [-0.2, 0) is 16.1 Å². The van der Waals surface area contributed by atoms with Gasteiger partial charge in [0.2, 0.25) is 11.8 Å². The maximum Gasteiger partial charge on any atom is 0.234 e. The second-order valence-corrected chi connectivity index (χ2v) is 6.93.